The lowest BCUT2D eigenvalue weighted by atomic mass is 10.4. The fraction of sp³-hybridized carbons (Fsp3) is 0.385. The minimum Gasteiger partial charge on any atom is -0.369 e. The van der Waals surface area contributed by atoms with Gasteiger partial charge in [0.15, 0.2) is 5.65 Å². The van der Waals surface area contributed by atoms with Gasteiger partial charge in [-0.1, -0.05) is 0 Å². The van der Waals surface area contributed by atoms with Gasteiger partial charge in [0.1, 0.15) is 5.82 Å². The molecule has 3 aromatic rings. The second-order valence-corrected chi connectivity index (χ2v) is 4.95. The zero-order chi connectivity index (χ0) is 14.8. The summed E-state index contributed by atoms with van der Waals surface area (Å²) in [6.07, 6.45) is 0.919. The first-order valence-electron chi connectivity index (χ1n) is 6.83. The van der Waals surface area contributed by atoms with Gasteiger partial charge in [-0.3, -0.25) is 4.68 Å². The van der Waals surface area contributed by atoms with Gasteiger partial charge >= 0.3 is 5.69 Å². The molecule has 3 aromatic heterocycles. The van der Waals surface area contributed by atoms with E-state index in [0.717, 1.165) is 30.9 Å². The molecule has 8 heteroatoms. The first-order chi connectivity index (χ1) is 10.1. The van der Waals surface area contributed by atoms with Crippen LogP contribution in [0.2, 0.25) is 0 Å². The van der Waals surface area contributed by atoms with Crippen molar-refractivity contribution in [2.75, 3.05) is 11.9 Å². The van der Waals surface area contributed by atoms with Gasteiger partial charge in [0, 0.05) is 18.8 Å². The maximum Gasteiger partial charge on any atom is 0.364 e. The van der Waals surface area contributed by atoms with Crippen molar-refractivity contribution < 1.29 is 0 Å². The Morgan fingerprint density at radius 2 is 2.14 bits per heavy atom. The Labute approximate surface area is 120 Å². The molecule has 0 spiro atoms. The topological polar surface area (TPSA) is 92.9 Å². The number of H-pyrrole nitrogens is 1. The van der Waals surface area contributed by atoms with Gasteiger partial charge in [0.2, 0.25) is 0 Å². The summed E-state index contributed by atoms with van der Waals surface area (Å²) in [6.45, 7) is 5.64. The van der Waals surface area contributed by atoms with Crippen molar-refractivity contribution >= 4 is 11.5 Å². The summed E-state index contributed by atoms with van der Waals surface area (Å²) in [5.41, 5.74) is 2.37. The van der Waals surface area contributed by atoms with Crippen molar-refractivity contribution in [3.63, 3.8) is 0 Å². The quantitative estimate of drug-likeness (QED) is 0.675. The minimum atomic E-state index is -0.337. The molecule has 0 saturated carbocycles. The highest BCUT2D eigenvalue weighted by Gasteiger charge is 2.03. The average Bonchev–Trinajstić information content (AvgIpc) is 2.98. The third-order valence-corrected chi connectivity index (χ3v) is 3.23. The number of rotatable bonds is 5. The standard InChI is InChI=1S/C13H17N7O/c1-9-8-10(2)19(17-9)7-3-6-14-11-4-5-12-15-16-13(21)20(12)18-11/h4-5,8H,3,6-7H2,1-2H3,(H,14,18)(H,16,21). The van der Waals surface area contributed by atoms with E-state index in [4.69, 9.17) is 0 Å². The molecule has 8 nitrogen and oxygen atoms in total. The lowest BCUT2D eigenvalue weighted by Crippen LogP contribution is -2.15. The number of hydrogen-bond acceptors (Lipinski definition) is 5. The van der Waals surface area contributed by atoms with Crippen LogP contribution in [0.3, 0.4) is 0 Å². The van der Waals surface area contributed by atoms with Gasteiger partial charge in [0.25, 0.3) is 0 Å². The van der Waals surface area contributed by atoms with Crippen LogP contribution in [-0.4, -0.2) is 36.1 Å². The van der Waals surface area contributed by atoms with E-state index in [-0.39, 0.29) is 5.69 Å². The van der Waals surface area contributed by atoms with E-state index in [1.54, 1.807) is 12.1 Å². The van der Waals surface area contributed by atoms with E-state index in [1.165, 1.54) is 4.52 Å². The summed E-state index contributed by atoms with van der Waals surface area (Å²) in [5, 5.41) is 18.0. The van der Waals surface area contributed by atoms with Crippen molar-refractivity contribution in [3.05, 3.63) is 40.1 Å². The Bertz CT molecular complexity index is 813. The zero-order valence-electron chi connectivity index (χ0n) is 12.0. The molecule has 3 heterocycles. The molecule has 0 amide bonds. The third kappa shape index (κ3) is 2.78. The molecule has 110 valence electrons. The smallest absolute Gasteiger partial charge is 0.364 e. The number of hydrogen-bond donors (Lipinski definition) is 2. The van der Waals surface area contributed by atoms with Crippen LogP contribution in [0.4, 0.5) is 5.82 Å². The molecule has 0 fully saturated rings. The fourth-order valence-corrected chi connectivity index (χ4v) is 2.24. The molecule has 2 N–H and O–H groups in total. The molecule has 0 aromatic carbocycles. The molecule has 0 aliphatic carbocycles. The summed E-state index contributed by atoms with van der Waals surface area (Å²) < 4.78 is 3.23. The Morgan fingerprint density at radius 1 is 1.29 bits per heavy atom. The SMILES string of the molecule is Cc1cc(C)n(CCCNc2ccc3n[nH]c(=O)n3n2)n1. The normalized spacial score (nSPS) is 11.1. The van der Waals surface area contributed by atoms with Gasteiger partial charge in [-0.05, 0) is 38.5 Å². The molecule has 0 atom stereocenters. The molecule has 0 aliphatic rings. The van der Waals surface area contributed by atoms with E-state index in [1.807, 2.05) is 18.5 Å². The van der Waals surface area contributed by atoms with E-state index in [0.29, 0.717) is 11.5 Å². The lowest BCUT2D eigenvalue weighted by Gasteiger charge is -2.06. The number of aryl methyl sites for hydroxylation is 3. The Morgan fingerprint density at radius 3 is 2.90 bits per heavy atom. The Kier molecular flexibility index (Phi) is 3.43. The monoisotopic (exact) mass is 287 g/mol. The lowest BCUT2D eigenvalue weighted by molar-refractivity contribution is 0.573. The molecule has 0 unspecified atom stereocenters. The average molecular weight is 287 g/mol. The Hall–Kier alpha value is -2.64. The predicted octanol–water partition coefficient (Wildman–Crippen LogP) is 0.733. The molecular weight excluding hydrogens is 270 g/mol. The van der Waals surface area contributed by atoms with Crippen LogP contribution in [0.15, 0.2) is 23.0 Å². The van der Waals surface area contributed by atoms with Crippen LogP contribution >= 0.6 is 0 Å². The second kappa shape index (κ2) is 5.39. The first kappa shape index (κ1) is 13.3. The molecule has 0 saturated heterocycles. The highest BCUT2D eigenvalue weighted by atomic mass is 16.2. The van der Waals surface area contributed by atoms with Gasteiger partial charge in [0.05, 0.1) is 5.69 Å². The number of fused-ring (bicyclic) bond motifs is 1. The number of anilines is 1. The predicted molar refractivity (Wildman–Crippen MR) is 78.4 cm³/mol. The van der Waals surface area contributed by atoms with Crippen LogP contribution in [0.25, 0.3) is 5.65 Å². The molecular formula is C13H17N7O. The third-order valence-electron chi connectivity index (χ3n) is 3.23. The number of nitrogens with one attached hydrogen (secondary N) is 2. The van der Waals surface area contributed by atoms with Gasteiger partial charge < -0.3 is 5.32 Å². The molecule has 21 heavy (non-hydrogen) atoms. The zero-order valence-corrected chi connectivity index (χ0v) is 12.0. The first-order valence-corrected chi connectivity index (χ1v) is 6.83. The van der Waals surface area contributed by atoms with E-state index < -0.39 is 0 Å². The highest BCUT2D eigenvalue weighted by Crippen LogP contribution is 2.05. The Balaban J connectivity index is 1.58. The van der Waals surface area contributed by atoms with Crippen molar-refractivity contribution in [1.29, 1.82) is 0 Å². The summed E-state index contributed by atoms with van der Waals surface area (Å²) in [7, 11) is 0. The van der Waals surface area contributed by atoms with E-state index in [9.17, 15) is 4.79 Å². The molecule has 3 rings (SSSR count). The number of nitrogens with zero attached hydrogens (tertiary/aromatic N) is 5. The van der Waals surface area contributed by atoms with Gasteiger partial charge in [-0.25, -0.2) is 9.89 Å². The van der Waals surface area contributed by atoms with E-state index >= 15 is 0 Å². The van der Waals surface area contributed by atoms with Crippen LogP contribution in [-0.2, 0) is 6.54 Å². The van der Waals surface area contributed by atoms with Crippen molar-refractivity contribution in [2.24, 2.45) is 0 Å². The van der Waals surface area contributed by atoms with Crippen LogP contribution < -0.4 is 11.0 Å². The molecule has 0 bridgehead atoms. The fourth-order valence-electron chi connectivity index (χ4n) is 2.24. The number of aromatic amines is 1. The van der Waals surface area contributed by atoms with Gasteiger partial charge in [-0.15, -0.1) is 5.10 Å². The van der Waals surface area contributed by atoms with Crippen LogP contribution in [0.1, 0.15) is 17.8 Å². The second-order valence-electron chi connectivity index (χ2n) is 4.95. The summed E-state index contributed by atoms with van der Waals surface area (Å²) in [4.78, 5) is 11.4. The molecule has 0 radical (unpaired) electrons. The maximum atomic E-state index is 11.4. The summed E-state index contributed by atoms with van der Waals surface area (Å²) >= 11 is 0. The van der Waals surface area contributed by atoms with Crippen molar-refractivity contribution in [1.82, 2.24) is 29.6 Å². The summed E-state index contributed by atoms with van der Waals surface area (Å²) in [5.74, 6) is 0.652. The largest absolute Gasteiger partial charge is 0.369 e. The van der Waals surface area contributed by atoms with Crippen LogP contribution in [0, 0.1) is 13.8 Å². The molecule has 0 aliphatic heterocycles. The summed E-state index contributed by atoms with van der Waals surface area (Å²) in [6, 6.07) is 5.61. The number of aromatic nitrogens is 6. The van der Waals surface area contributed by atoms with Crippen LogP contribution in [0.5, 0.6) is 0 Å². The highest BCUT2D eigenvalue weighted by molar-refractivity contribution is 5.42. The van der Waals surface area contributed by atoms with Crippen molar-refractivity contribution in [3.8, 4) is 0 Å². The van der Waals surface area contributed by atoms with Crippen molar-refractivity contribution in [2.45, 2.75) is 26.8 Å². The van der Waals surface area contributed by atoms with Gasteiger partial charge in [-0.2, -0.15) is 14.7 Å². The van der Waals surface area contributed by atoms with E-state index in [2.05, 4.69) is 31.8 Å². The minimum absolute atomic E-state index is 0.337. The maximum absolute atomic E-state index is 11.4.